The first kappa shape index (κ1) is 11.3. The molecule has 2 N–H and O–H groups in total. The van der Waals surface area contributed by atoms with Crippen molar-refractivity contribution < 1.29 is 5.32 Å². The van der Waals surface area contributed by atoms with Crippen molar-refractivity contribution in [3.05, 3.63) is 35.9 Å². The van der Waals surface area contributed by atoms with Crippen molar-refractivity contribution in [3.8, 4) is 0 Å². The number of nitrogens with two attached hydrogens (primary N) is 1. The topological polar surface area (TPSA) is 16.6 Å². The molecule has 0 amide bonds. The minimum Gasteiger partial charge on any atom is -0.338 e. The molecule has 0 saturated carbocycles. The molecule has 14 heavy (non-hydrogen) atoms. The zero-order chi connectivity index (χ0) is 10.6. The van der Waals surface area contributed by atoms with Gasteiger partial charge in [0.2, 0.25) is 0 Å². The maximum absolute atomic E-state index is 2.44. The molecule has 1 atom stereocenters. The van der Waals surface area contributed by atoms with Crippen LogP contribution < -0.4 is 5.32 Å². The second kappa shape index (κ2) is 5.16. The standard InChI is InChI=1S/C13H21N/c1-10(2)13(14-11(3)4)12-8-6-5-7-9-12/h5-11,13-14H,1-4H3/p+1/t13-/m0/s1. The Labute approximate surface area is 87.5 Å². The van der Waals surface area contributed by atoms with Gasteiger partial charge < -0.3 is 5.32 Å². The number of rotatable bonds is 4. The van der Waals surface area contributed by atoms with Gasteiger partial charge in [0, 0.05) is 11.5 Å². The molecule has 0 unspecified atom stereocenters. The van der Waals surface area contributed by atoms with Crippen LogP contribution >= 0.6 is 0 Å². The molecule has 78 valence electrons. The van der Waals surface area contributed by atoms with E-state index in [-0.39, 0.29) is 0 Å². The Kier molecular flexibility index (Phi) is 4.15. The van der Waals surface area contributed by atoms with Gasteiger partial charge in [-0.1, -0.05) is 44.2 Å². The summed E-state index contributed by atoms with van der Waals surface area (Å²) in [5, 5.41) is 2.44. The van der Waals surface area contributed by atoms with Crippen LogP contribution in [0, 0.1) is 5.92 Å². The van der Waals surface area contributed by atoms with Crippen molar-refractivity contribution in [1.29, 1.82) is 0 Å². The van der Waals surface area contributed by atoms with Crippen LogP contribution in [0.4, 0.5) is 0 Å². The molecule has 0 radical (unpaired) electrons. The van der Waals surface area contributed by atoms with E-state index in [0.717, 1.165) is 0 Å². The molecule has 0 heterocycles. The van der Waals surface area contributed by atoms with E-state index in [1.54, 1.807) is 0 Å². The first-order valence-electron chi connectivity index (χ1n) is 5.51. The predicted molar refractivity (Wildman–Crippen MR) is 61.1 cm³/mol. The molecule has 0 aliphatic carbocycles. The van der Waals surface area contributed by atoms with Gasteiger partial charge in [0.25, 0.3) is 0 Å². The monoisotopic (exact) mass is 192 g/mol. The first-order valence-corrected chi connectivity index (χ1v) is 5.51. The first-order chi connectivity index (χ1) is 6.61. The van der Waals surface area contributed by atoms with Gasteiger partial charge in [0.05, 0.1) is 6.04 Å². The van der Waals surface area contributed by atoms with Gasteiger partial charge in [-0.3, -0.25) is 0 Å². The largest absolute Gasteiger partial charge is 0.338 e. The van der Waals surface area contributed by atoms with Gasteiger partial charge in [-0.05, 0) is 13.8 Å². The van der Waals surface area contributed by atoms with Crippen LogP contribution in [0.1, 0.15) is 39.3 Å². The zero-order valence-electron chi connectivity index (χ0n) is 9.70. The number of quaternary nitrogens is 1. The summed E-state index contributed by atoms with van der Waals surface area (Å²) in [5.41, 5.74) is 1.44. The second-order valence-corrected chi connectivity index (χ2v) is 4.62. The summed E-state index contributed by atoms with van der Waals surface area (Å²) in [6.45, 7) is 9.07. The van der Waals surface area contributed by atoms with Gasteiger partial charge in [0.1, 0.15) is 6.04 Å². The summed E-state index contributed by atoms with van der Waals surface area (Å²) < 4.78 is 0. The van der Waals surface area contributed by atoms with Gasteiger partial charge in [-0.2, -0.15) is 0 Å². The molecule has 0 aliphatic rings. The molecule has 1 aromatic rings. The van der Waals surface area contributed by atoms with E-state index < -0.39 is 0 Å². The van der Waals surface area contributed by atoms with E-state index >= 15 is 0 Å². The van der Waals surface area contributed by atoms with Crippen LogP contribution in [0.15, 0.2) is 30.3 Å². The van der Waals surface area contributed by atoms with Gasteiger partial charge in [0.15, 0.2) is 0 Å². The zero-order valence-corrected chi connectivity index (χ0v) is 9.70. The highest BCUT2D eigenvalue weighted by molar-refractivity contribution is 5.17. The molecular formula is C13H22N+. The molecule has 0 bridgehead atoms. The van der Waals surface area contributed by atoms with Crippen molar-refractivity contribution in [1.82, 2.24) is 0 Å². The molecular weight excluding hydrogens is 170 g/mol. The van der Waals surface area contributed by atoms with Crippen LogP contribution in [0.2, 0.25) is 0 Å². The van der Waals surface area contributed by atoms with E-state index in [9.17, 15) is 0 Å². The lowest BCUT2D eigenvalue weighted by Gasteiger charge is -2.21. The predicted octanol–water partition coefficient (Wildman–Crippen LogP) is 2.36. The minimum atomic E-state index is 0.594. The van der Waals surface area contributed by atoms with Crippen molar-refractivity contribution in [3.63, 3.8) is 0 Å². The second-order valence-electron chi connectivity index (χ2n) is 4.62. The lowest BCUT2D eigenvalue weighted by molar-refractivity contribution is -0.727. The fourth-order valence-electron chi connectivity index (χ4n) is 1.81. The maximum Gasteiger partial charge on any atom is 0.114 e. The molecule has 0 spiro atoms. The lowest BCUT2D eigenvalue weighted by Crippen LogP contribution is -2.90. The quantitative estimate of drug-likeness (QED) is 0.754. The molecule has 1 aromatic carbocycles. The van der Waals surface area contributed by atoms with E-state index in [2.05, 4.69) is 63.3 Å². The molecule has 0 fully saturated rings. The SMILES string of the molecule is CC(C)[NH2+][C@H](c1ccccc1)C(C)C. The lowest BCUT2D eigenvalue weighted by atomic mass is 9.95. The molecule has 1 heteroatoms. The Hall–Kier alpha value is -0.820. The highest BCUT2D eigenvalue weighted by Crippen LogP contribution is 2.16. The summed E-state index contributed by atoms with van der Waals surface area (Å²) in [4.78, 5) is 0. The van der Waals surface area contributed by atoms with E-state index in [0.29, 0.717) is 18.0 Å². The van der Waals surface area contributed by atoms with Crippen LogP contribution in [0.5, 0.6) is 0 Å². The fraction of sp³-hybridized carbons (Fsp3) is 0.538. The molecule has 1 rings (SSSR count). The normalized spacial score (nSPS) is 13.6. The molecule has 0 saturated heterocycles. The van der Waals surface area contributed by atoms with Crippen LogP contribution in [-0.2, 0) is 0 Å². The Morgan fingerprint density at radius 1 is 0.929 bits per heavy atom. The summed E-state index contributed by atoms with van der Waals surface area (Å²) in [6, 6.07) is 12.0. The smallest absolute Gasteiger partial charge is 0.114 e. The third-order valence-corrected chi connectivity index (χ3v) is 2.49. The highest BCUT2D eigenvalue weighted by Gasteiger charge is 2.19. The van der Waals surface area contributed by atoms with Gasteiger partial charge in [-0.15, -0.1) is 0 Å². The van der Waals surface area contributed by atoms with Crippen molar-refractivity contribution in [2.45, 2.75) is 39.8 Å². The van der Waals surface area contributed by atoms with E-state index in [1.807, 2.05) is 0 Å². The Bertz CT molecular complexity index is 251. The average molecular weight is 192 g/mol. The third kappa shape index (κ3) is 3.15. The van der Waals surface area contributed by atoms with Crippen molar-refractivity contribution >= 4 is 0 Å². The maximum atomic E-state index is 2.44. The number of hydrogen-bond acceptors (Lipinski definition) is 0. The van der Waals surface area contributed by atoms with Crippen LogP contribution in [0.25, 0.3) is 0 Å². The van der Waals surface area contributed by atoms with Crippen LogP contribution in [0.3, 0.4) is 0 Å². The van der Waals surface area contributed by atoms with Gasteiger partial charge >= 0.3 is 0 Å². The average Bonchev–Trinajstić information content (AvgIpc) is 2.15. The highest BCUT2D eigenvalue weighted by atomic mass is 14.9. The molecule has 1 nitrogen and oxygen atoms in total. The van der Waals surface area contributed by atoms with Crippen LogP contribution in [-0.4, -0.2) is 6.04 Å². The number of hydrogen-bond donors (Lipinski definition) is 1. The molecule has 0 aromatic heterocycles. The molecule has 0 aliphatic heterocycles. The van der Waals surface area contributed by atoms with E-state index in [4.69, 9.17) is 0 Å². The van der Waals surface area contributed by atoms with Gasteiger partial charge in [-0.25, -0.2) is 0 Å². The summed E-state index contributed by atoms with van der Waals surface area (Å²) in [5.74, 6) is 0.680. The number of benzene rings is 1. The summed E-state index contributed by atoms with van der Waals surface area (Å²) in [6.07, 6.45) is 0. The minimum absolute atomic E-state index is 0.594. The Morgan fingerprint density at radius 3 is 1.93 bits per heavy atom. The Balaban J connectivity index is 2.78. The van der Waals surface area contributed by atoms with E-state index in [1.165, 1.54) is 5.56 Å². The van der Waals surface area contributed by atoms with Crippen molar-refractivity contribution in [2.75, 3.05) is 0 Å². The third-order valence-electron chi connectivity index (χ3n) is 2.49. The Morgan fingerprint density at radius 2 is 1.50 bits per heavy atom. The summed E-state index contributed by atoms with van der Waals surface area (Å²) >= 11 is 0. The summed E-state index contributed by atoms with van der Waals surface area (Å²) in [7, 11) is 0. The fourth-order valence-corrected chi connectivity index (χ4v) is 1.81. The van der Waals surface area contributed by atoms with Crippen molar-refractivity contribution in [2.24, 2.45) is 5.92 Å².